The first kappa shape index (κ1) is 19.4. The fourth-order valence-electron chi connectivity index (χ4n) is 2.10. The van der Waals surface area contributed by atoms with Crippen LogP contribution in [-0.4, -0.2) is 26.6 Å². The maximum atomic E-state index is 13.6. The maximum absolute atomic E-state index is 13.6. The molecule has 0 bridgehead atoms. The highest BCUT2D eigenvalue weighted by molar-refractivity contribution is 7.98. The molecule has 0 radical (unpaired) electrons. The summed E-state index contributed by atoms with van der Waals surface area (Å²) >= 11 is 1.62. The third-order valence-corrected chi connectivity index (χ3v) is 5.79. The van der Waals surface area contributed by atoms with Gasteiger partial charge >= 0.3 is 0 Å². The first-order valence-corrected chi connectivity index (χ1v) is 10.2. The minimum absolute atomic E-state index is 0.277. The van der Waals surface area contributed by atoms with Crippen molar-refractivity contribution in [2.45, 2.75) is 29.3 Å². The van der Waals surface area contributed by atoms with Crippen molar-refractivity contribution in [2.24, 2.45) is 0 Å². The van der Waals surface area contributed by atoms with Crippen LogP contribution in [0.2, 0.25) is 0 Å². The Morgan fingerprint density at radius 2 is 1.80 bits per heavy atom. The molecule has 0 aliphatic rings. The Morgan fingerprint density at radius 3 is 2.40 bits per heavy atom. The molecule has 2 rings (SSSR count). The molecule has 8 heteroatoms. The van der Waals surface area contributed by atoms with Gasteiger partial charge < -0.3 is 5.32 Å². The molecule has 0 heterocycles. The third kappa shape index (κ3) is 5.29. The summed E-state index contributed by atoms with van der Waals surface area (Å²) in [6.07, 6.45) is 1.97. The van der Waals surface area contributed by atoms with Crippen molar-refractivity contribution in [3.8, 4) is 0 Å². The Hall–Kier alpha value is -1.90. The molecule has 0 aliphatic carbocycles. The molecule has 2 aromatic rings. The van der Waals surface area contributed by atoms with Crippen LogP contribution in [0.15, 0.2) is 58.3 Å². The summed E-state index contributed by atoms with van der Waals surface area (Å²) in [6.45, 7) is 1.68. The predicted molar refractivity (Wildman–Crippen MR) is 96.3 cm³/mol. The monoisotopic (exact) mass is 382 g/mol. The Kier molecular flexibility index (Phi) is 6.57. The predicted octanol–water partition coefficient (Wildman–Crippen LogP) is 2.53. The molecule has 0 spiro atoms. The van der Waals surface area contributed by atoms with Crippen LogP contribution in [0.25, 0.3) is 0 Å². The highest BCUT2D eigenvalue weighted by atomic mass is 32.2. The van der Waals surface area contributed by atoms with E-state index >= 15 is 0 Å². The minimum Gasteiger partial charge on any atom is -0.351 e. The van der Waals surface area contributed by atoms with E-state index in [4.69, 9.17) is 0 Å². The highest BCUT2D eigenvalue weighted by Crippen LogP contribution is 2.15. The van der Waals surface area contributed by atoms with Crippen molar-refractivity contribution in [1.82, 2.24) is 10.0 Å². The highest BCUT2D eigenvalue weighted by Gasteiger charge is 2.24. The molecule has 0 saturated heterocycles. The van der Waals surface area contributed by atoms with Gasteiger partial charge in [-0.2, -0.15) is 4.72 Å². The molecule has 0 aromatic heterocycles. The van der Waals surface area contributed by atoms with Gasteiger partial charge in [0.15, 0.2) is 0 Å². The van der Waals surface area contributed by atoms with Crippen molar-refractivity contribution < 1.29 is 17.6 Å². The van der Waals surface area contributed by atoms with Crippen molar-refractivity contribution in [3.63, 3.8) is 0 Å². The number of sulfonamides is 1. The van der Waals surface area contributed by atoms with Crippen LogP contribution >= 0.6 is 11.8 Å². The van der Waals surface area contributed by atoms with Gasteiger partial charge in [-0.15, -0.1) is 11.8 Å². The summed E-state index contributed by atoms with van der Waals surface area (Å²) in [4.78, 5) is 12.7. The zero-order valence-electron chi connectivity index (χ0n) is 13.8. The van der Waals surface area contributed by atoms with E-state index in [2.05, 4.69) is 10.0 Å². The molecule has 134 valence electrons. The molecule has 1 amide bonds. The van der Waals surface area contributed by atoms with Crippen molar-refractivity contribution in [3.05, 3.63) is 59.9 Å². The number of halogens is 1. The molecule has 2 aromatic carbocycles. The Balaban J connectivity index is 1.96. The van der Waals surface area contributed by atoms with Crippen LogP contribution in [0, 0.1) is 5.82 Å². The molecule has 0 fully saturated rings. The van der Waals surface area contributed by atoms with Crippen LogP contribution in [0.5, 0.6) is 0 Å². The number of benzene rings is 2. The van der Waals surface area contributed by atoms with Crippen LogP contribution in [0.4, 0.5) is 4.39 Å². The lowest BCUT2D eigenvalue weighted by atomic mass is 10.2. The minimum atomic E-state index is -4.12. The summed E-state index contributed by atoms with van der Waals surface area (Å²) in [7, 11) is -4.12. The average molecular weight is 382 g/mol. The Labute approximate surface area is 151 Å². The van der Waals surface area contributed by atoms with E-state index in [1.165, 1.54) is 19.1 Å². The molecule has 25 heavy (non-hydrogen) atoms. The van der Waals surface area contributed by atoms with Crippen molar-refractivity contribution in [2.75, 3.05) is 6.26 Å². The lowest BCUT2D eigenvalue weighted by molar-refractivity contribution is -0.122. The summed E-state index contributed by atoms with van der Waals surface area (Å²) in [5.74, 6) is -1.36. The molecule has 1 atom stereocenters. The Morgan fingerprint density at radius 1 is 1.16 bits per heavy atom. The zero-order chi connectivity index (χ0) is 18.4. The van der Waals surface area contributed by atoms with Gasteiger partial charge in [0.1, 0.15) is 10.7 Å². The molecule has 2 N–H and O–H groups in total. The van der Waals surface area contributed by atoms with Gasteiger partial charge in [-0.1, -0.05) is 24.3 Å². The largest absolute Gasteiger partial charge is 0.351 e. The normalized spacial score (nSPS) is 12.6. The van der Waals surface area contributed by atoms with Gasteiger partial charge in [-0.3, -0.25) is 4.79 Å². The van der Waals surface area contributed by atoms with Crippen LogP contribution in [-0.2, 0) is 21.4 Å². The van der Waals surface area contributed by atoms with E-state index in [-0.39, 0.29) is 6.54 Å². The smallest absolute Gasteiger partial charge is 0.244 e. The number of amides is 1. The van der Waals surface area contributed by atoms with Crippen LogP contribution in [0.3, 0.4) is 0 Å². The van der Waals surface area contributed by atoms with Crippen LogP contribution < -0.4 is 10.0 Å². The molecular weight excluding hydrogens is 363 g/mol. The van der Waals surface area contributed by atoms with Gasteiger partial charge in [0.2, 0.25) is 15.9 Å². The molecular formula is C17H19FN2O3S2. The zero-order valence-corrected chi connectivity index (χ0v) is 15.5. The fourth-order valence-corrected chi connectivity index (χ4v) is 3.79. The summed E-state index contributed by atoms with van der Waals surface area (Å²) in [5, 5.41) is 2.66. The molecule has 0 saturated carbocycles. The van der Waals surface area contributed by atoms with Gasteiger partial charge in [0.05, 0.1) is 6.04 Å². The number of hydrogen-bond acceptors (Lipinski definition) is 4. The first-order chi connectivity index (χ1) is 11.8. The summed E-state index contributed by atoms with van der Waals surface area (Å²) < 4.78 is 40.2. The fraction of sp³-hybridized carbons (Fsp3) is 0.235. The summed E-state index contributed by atoms with van der Waals surface area (Å²) in [6, 6.07) is 11.6. The van der Waals surface area contributed by atoms with E-state index in [9.17, 15) is 17.6 Å². The molecule has 5 nitrogen and oxygen atoms in total. The van der Waals surface area contributed by atoms with Gasteiger partial charge in [0.25, 0.3) is 0 Å². The lowest BCUT2D eigenvalue weighted by Gasteiger charge is -2.15. The standard InChI is InChI=1S/C17H19FN2O3S2/c1-12(20-25(22,23)16-6-4-3-5-15(16)18)17(21)19-11-13-7-9-14(24-2)10-8-13/h3-10,12,20H,11H2,1-2H3,(H,19,21)/t12-/m0/s1. The lowest BCUT2D eigenvalue weighted by Crippen LogP contribution is -2.44. The number of nitrogens with one attached hydrogen (secondary N) is 2. The topological polar surface area (TPSA) is 75.3 Å². The molecule has 0 aliphatic heterocycles. The second-order valence-electron chi connectivity index (χ2n) is 5.34. The second kappa shape index (κ2) is 8.46. The van der Waals surface area contributed by atoms with E-state index in [0.717, 1.165) is 22.6 Å². The van der Waals surface area contributed by atoms with E-state index in [1.807, 2.05) is 30.5 Å². The number of rotatable bonds is 7. The van der Waals surface area contributed by atoms with Crippen molar-refractivity contribution in [1.29, 1.82) is 0 Å². The molecule has 0 unspecified atom stereocenters. The quantitative estimate of drug-likeness (QED) is 0.722. The van der Waals surface area contributed by atoms with Gasteiger partial charge in [0, 0.05) is 11.4 Å². The van der Waals surface area contributed by atoms with Gasteiger partial charge in [-0.05, 0) is 43.0 Å². The Bertz CT molecular complexity index is 839. The van der Waals surface area contributed by atoms with Crippen LogP contribution in [0.1, 0.15) is 12.5 Å². The second-order valence-corrected chi connectivity index (χ2v) is 7.90. The first-order valence-electron chi connectivity index (χ1n) is 7.51. The summed E-state index contributed by atoms with van der Waals surface area (Å²) in [5.41, 5.74) is 0.898. The van der Waals surface area contributed by atoms with E-state index in [1.54, 1.807) is 11.8 Å². The number of carbonyl (C=O) groups excluding carboxylic acids is 1. The van der Waals surface area contributed by atoms with Gasteiger partial charge in [-0.25, -0.2) is 12.8 Å². The van der Waals surface area contributed by atoms with E-state index < -0.39 is 32.7 Å². The maximum Gasteiger partial charge on any atom is 0.244 e. The number of thioether (sulfide) groups is 1. The SMILES string of the molecule is CSc1ccc(CNC(=O)[C@H](C)NS(=O)(=O)c2ccccc2F)cc1. The van der Waals surface area contributed by atoms with E-state index in [0.29, 0.717) is 0 Å². The average Bonchev–Trinajstić information content (AvgIpc) is 2.59. The van der Waals surface area contributed by atoms with Crippen molar-refractivity contribution >= 4 is 27.7 Å². The third-order valence-electron chi connectivity index (χ3n) is 3.48. The number of carbonyl (C=O) groups is 1. The number of hydrogen-bond donors (Lipinski definition) is 2.